The summed E-state index contributed by atoms with van der Waals surface area (Å²) in [6, 6.07) is 7.84. The predicted molar refractivity (Wildman–Crippen MR) is 82.8 cm³/mol. The van der Waals surface area contributed by atoms with Crippen LogP contribution in [0.5, 0.6) is 0 Å². The molecule has 1 aliphatic carbocycles. The van der Waals surface area contributed by atoms with Gasteiger partial charge in [-0.25, -0.2) is 0 Å². The molecule has 3 N–H and O–H groups in total. The predicted octanol–water partition coefficient (Wildman–Crippen LogP) is 2.84. The largest absolute Gasteiger partial charge is 0.345 e. The van der Waals surface area contributed by atoms with E-state index in [1.165, 1.54) is 0 Å². The van der Waals surface area contributed by atoms with E-state index in [0.717, 1.165) is 24.0 Å². The van der Waals surface area contributed by atoms with Crippen LogP contribution in [0.3, 0.4) is 0 Å². The Kier molecular flexibility index (Phi) is 3.92. The van der Waals surface area contributed by atoms with Gasteiger partial charge < -0.3 is 11.1 Å². The fourth-order valence-electron chi connectivity index (χ4n) is 2.70. The van der Waals surface area contributed by atoms with E-state index in [1.807, 2.05) is 24.3 Å². The minimum Gasteiger partial charge on any atom is -0.345 e. The molecule has 0 radical (unpaired) electrons. The molecule has 110 valence electrons. The first-order valence-electron chi connectivity index (χ1n) is 7.40. The number of hydrogen-bond acceptors (Lipinski definition) is 2. The average molecular weight is 274 g/mol. The second-order valence-corrected chi connectivity index (χ2v) is 7.15. The molecule has 1 aromatic rings. The fourth-order valence-corrected chi connectivity index (χ4v) is 2.70. The molecule has 1 aromatic carbocycles. The van der Waals surface area contributed by atoms with Crippen molar-refractivity contribution in [3.8, 4) is 0 Å². The summed E-state index contributed by atoms with van der Waals surface area (Å²) >= 11 is 0. The highest BCUT2D eigenvalue weighted by atomic mass is 16.1. The van der Waals surface area contributed by atoms with Gasteiger partial charge in [0.25, 0.3) is 5.91 Å². The highest BCUT2D eigenvalue weighted by Gasteiger charge is 2.42. The molecular formula is C17H26N2O. The topological polar surface area (TPSA) is 55.1 Å². The van der Waals surface area contributed by atoms with Crippen molar-refractivity contribution in [1.82, 2.24) is 5.32 Å². The van der Waals surface area contributed by atoms with Crippen LogP contribution in [0.2, 0.25) is 0 Å². The van der Waals surface area contributed by atoms with Gasteiger partial charge in [0.05, 0.1) is 5.54 Å². The highest BCUT2D eigenvalue weighted by Crippen LogP contribution is 2.39. The van der Waals surface area contributed by atoms with Crippen LogP contribution in [0.25, 0.3) is 0 Å². The van der Waals surface area contributed by atoms with E-state index >= 15 is 0 Å². The van der Waals surface area contributed by atoms with Gasteiger partial charge in [-0.3, -0.25) is 4.79 Å². The van der Waals surface area contributed by atoms with E-state index in [1.54, 1.807) is 0 Å². The number of benzene rings is 1. The minimum absolute atomic E-state index is 0.00428. The molecule has 1 fully saturated rings. The van der Waals surface area contributed by atoms with Gasteiger partial charge >= 0.3 is 0 Å². The SMILES string of the molecule is CC(C)(C)c1ccccc1C(=O)NC(C)(CN)C1CC1. The molecule has 0 spiro atoms. The van der Waals surface area contributed by atoms with Gasteiger partial charge in [-0.15, -0.1) is 0 Å². The highest BCUT2D eigenvalue weighted by molar-refractivity contribution is 5.96. The number of carbonyl (C=O) groups excluding carboxylic acids is 1. The summed E-state index contributed by atoms with van der Waals surface area (Å²) in [5.41, 5.74) is 7.40. The third kappa shape index (κ3) is 3.04. The average Bonchev–Trinajstić information content (AvgIpc) is 3.22. The Hall–Kier alpha value is -1.35. The zero-order valence-corrected chi connectivity index (χ0v) is 13.0. The number of amides is 1. The zero-order chi connectivity index (χ0) is 15.0. The van der Waals surface area contributed by atoms with Gasteiger partial charge in [0.15, 0.2) is 0 Å². The quantitative estimate of drug-likeness (QED) is 0.887. The fraction of sp³-hybridized carbons (Fsp3) is 0.588. The molecule has 0 aliphatic heterocycles. The van der Waals surface area contributed by atoms with Gasteiger partial charge in [0.2, 0.25) is 0 Å². The second-order valence-electron chi connectivity index (χ2n) is 7.15. The van der Waals surface area contributed by atoms with Crippen molar-refractivity contribution >= 4 is 5.91 Å². The molecule has 1 aliphatic rings. The second kappa shape index (κ2) is 5.21. The molecule has 0 saturated heterocycles. The standard InChI is InChI=1S/C17H26N2O/c1-16(2,3)14-8-6-5-7-13(14)15(20)19-17(4,11-18)12-9-10-12/h5-8,12H,9-11,18H2,1-4H3,(H,19,20). The van der Waals surface area contributed by atoms with Crippen LogP contribution in [-0.4, -0.2) is 18.0 Å². The van der Waals surface area contributed by atoms with Crippen molar-refractivity contribution < 1.29 is 4.79 Å². The van der Waals surface area contributed by atoms with Crippen molar-refractivity contribution in [1.29, 1.82) is 0 Å². The Morgan fingerprint density at radius 3 is 2.35 bits per heavy atom. The van der Waals surface area contributed by atoms with Gasteiger partial charge in [0.1, 0.15) is 0 Å². The summed E-state index contributed by atoms with van der Waals surface area (Å²) in [6.07, 6.45) is 2.32. The lowest BCUT2D eigenvalue weighted by atomic mass is 9.83. The van der Waals surface area contributed by atoms with Crippen molar-refractivity contribution in [3.05, 3.63) is 35.4 Å². The van der Waals surface area contributed by atoms with Crippen molar-refractivity contribution in [2.45, 2.75) is 51.5 Å². The van der Waals surface area contributed by atoms with E-state index < -0.39 is 0 Å². The Bertz CT molecular complexity index is 500. The van der Waals surface area contributed by atoms with Gasteiger partial charge in [-0.2, -0.15) is 0 Å². The number of rotatable bonds is 4. The maximum absolute atomic E-state index is 12.7. The molecular weight excluding hydrogens is 248 g/mol. The summed E-state index contributed by atoms with van der Waals surface area (Å²) in [5, 5.41) is 3.17. The van der Waals surface area contributed by atoms with E-state index in [9.17, 15) is 4.79 Å². The first kappa shape index (κ1) is 15.0. The number of nitrogens with two attached hydrogens (primary N) is 1. The molecule has 0 heterocycles. The van der Waals surface area contributed by atoms with Crippen LogP contribution in [0.1, 0.15) is 56.5 Å². The normalized spacial score (nSPS) is 18.4. The maximum atomic E-state index is 12.7. The van der Waals surface area contributed by atoms with Crippen LogP contribution in [0.15, 0.2) is 24.3 Å². The van der Waals surface area contributed by atoms with Crippen molar-refractivity contribution in [2.24, 2.45) is 11.7 Å². The zero-order valence-electron chi connectivity index (χ0n) is 13.0. The van der Waals surface area contributed by atoms with E-state index in [2.05, 4.69) is 33.0 Å². The first-order chi connectivity index (χ1) is 9.28. The third-order valence-corrected chi connectivity index (χ3v) is 4.28. The third-order valence-electron chi connectivity index (χ3n) is 4.28. The monoisotopic (exact) mass is 274 g/mol. The lowest BCUT2D eigenvalue weighted by Crippen LogP contribution is -2.53. The smallest absolute Gasteiger partial charge is 0.252 e. The summed E-state index contributed by atoms with van der Waals surface area (Å²) < 4.78 is 0. The number of carbonyl (C=O) groups is 1. The molecule has 1 amide bonds. The van der Waals surface area contributed by atoms with Gasteiger partial charge in [0, 0.05) is 12.1 Å². The molecule has 3 nitrogen and oxygen atoms in total. The van der Waals surface area contributed by atoms with Crippen molar-refractivity contribution in [2.75, 3.05) is 6.54 Å². The van der Waals surface area contributed by atoms with E-state index in [-0.39, 0.29) is 16.9 Å². The molecule has 2 rings (SSSR count). The molecule has 0 aromatic heterocycles. The molecule has 20 heavy (non-hydrogen) atoms. The molecule has 1 atom stereocenters. The molecule has 1 saturated carbocycles. The van der Waals surface area contributed by atoms with Gasteiger partial charge in [-0.05, 0) is 42.7 Å². The summed E-state index contributed by atoms with van der Waals surface area (Å²) in [7, 11) is 0. The Morgan fingerprint density at radius 2 is 1.85 bits per heavy atom. The molecule has 0 bridgehead atoms. The van der Waals surface area contributed by atoms with Crippen LogP contribution >= 0.6 is 0 Å². The molecule has 1 unspecified atom stereocenters. The number of nitrogens with one attached hydrogen (secondary N) is 1. The van der Waals surface area contributed by atoms with Crippen LogP contribution in [0, 0.1) is 5.92 Å². The van der Waals surface area contributed by atoms with E-state index in [4.69, 9.17) is 5.73 Å². The Labute approximate surface area is 121 Å². The van der Waals surface area contributed by atoms with Crippen LogP contribution in [0.4, 0.5) is 0 Å². The van der Waals surface area contributed by atoms with Crippen LogP contribution in [-0.2, 0) is 5.41 Å². The first-order valence-corrected chi connectivity index (χ1v) is 7.40. The molecule has 3 heteroatoms. The minimum atomic E-state index is -0.276. The van der Waals surface area contributed by atoms with Gasteiger partial charge in [-0.1, -0.05) is 39.0 Å². The van der Waals surface area contributed by atoms with E-state index in [0.29, 0.717) is 12.5 Å². The lowest BCUT2D eigenvalue weighted by molar-refractivity contribution is 0.0895. The van der Waals surface area contributed by atoms with Crippen LogP contribution < -0.4 is 11.1 Å². The maximum Gasteiger partial charge on any atom is 0.252 e. The Balaban J connectivity index is 2.26. The van der Waals surface area contributed by atoms with Crippen molar-refractivity contribution in [3.63, 3.8) is 0 Å². The summed E-state index contributed by atoms with van der Waals surface area (Å²) in [5.74, 6) is 0.522. The lowest BCUT2D eigenvalue weighted by Gasteiger charge is -2.31. The summed E-state index contributed by atoms with van der Waals surface area (Å²) in [4.78, 5) is 12.7. The summed E-state index contributed by atoms with van der Waals surface area (Å²) in [6.45, 7) is 8.93. The number of hydrogen-bond donors (Lipinski definition) is 2. The Morgan fingerprint density at radius 1 is 1.25 bits per heavy atom.